The Bertz CT molecular complexity index is 3130. The van der Waals surface area contributed by atoms with Gasteiger partial charge in [-0.05, 0) is 52.6 Å². The lowest BCUT2D eigenvalue weighted by Crippen LogP contribution is -2.55. The summed E-state index contributed by atoms with van der Waals surface area (Å²) in [7, 11) is 32.2. The van der Waals surface area contributed by atoms with Crippen molar-refractivity contribution in [1.29, 1.82) is 0 Å². The molecule has 0 saturated carbocycles. The van der Waals surface area contributed by atoms with E-state index in [4.69, 9.17) is 58.6 Å². The molecule has 0 aliphatic rings. The summed E-state index contributed by atoms with van der Waals surface area (Å²) in [4.78, 5) is 15.4. The molecule has 0 aliphatic heterocycles. The molecule has 0 N–H and O–H groups in total. The quantitative estimate of drug-likeness (QED) is 0.224. The lowest BCUT2D eigenvalue weighted by molar-refractivity contribution is 0.669. The van der Waals surface area contributed by atoms with E-state index in [-0.39, 0.29) is 27.3 Å². The van der Waals surface area contributed by atoms with Crippen molar-refractivity contribution in [2.75, 3.05) is 0 Å². The number of benzene rings is 7. The molecule has 0 spiro atoms. The first-order valence-corrected chi connectivity index (χ1v) is 17.7. The molecule has 55 heavy (non-hydrogen) atoms. The molecule has 0 amide bonds. The Kier molecular flexibility index (Phi) is 7.70. The van der Waals surface area contributed by atoms with E-state index in [1.54, 1.807) is 0 Å². The predicted molar refractivity (Wildman–Crippen MR) is 230 cm³/mol. The molecule has 3 aromatic heterocycles. The maximum absolute atomic E-state index is 6.63. The number of fused-ring (bicyclic) bond motifs is 6. The zero-order valence-electron chi connectivity index (χ0n) is 29.4. The molecule has 0 aliphatic carbocycles. The number of aromatic nitrogens is 4. The van der Waals surface area contributed by atoms with Crippen LogP contribution < -0.4 is 27.3 Å². The first kappa shape index (κ1) is 33.1. The van der Waals surface area contributed by atoms with Gasteiger partial charge in [0.05, 0.1) is 16.6 Å². The van der Waals surface area contributed by atoms with Crippen LogP contribution in [0.5, 0.6) is 0 Å². The van der Waals surface area contributed by atoms with Crippen molar-refractivity contribution >= 4 is 110 Å². The third kappa shape index (κ3) is 5.19. The van der Waals surface area contributed by atoms with Crippen molar-refractivity contribution in [1.82, 2.24) is 19.5 Å². The molecule has 10 aromatic rings. The zero-order valence-corrected chi connectivity index (χ0v) is 29.4. The minimum absolute atomic E-state index is 0.163. The fourth-order valence-corrected chi connectivity index (χ4v) is 7.67. The lowest BCUT2D eigenvalue weighted by atomic mass is 9.59. The molecule has 0 atom stereocenters. The van der Waals surface area contributed by atoms with E-state index in [1.165, 1.54) is 0 Å². The number of hydrogen-bond acceptors (Lipinski definition) is 4. The SMILES string of the molecule is [B]c1c([B])c([B])c(-c2cccc3c2c2ccccc2n3-c2nc(-c3ccccc3)nc(-c3cccc4c3oc3ccc(-c5ccccc5)cc34)n2)c([B])c1[B]. The van der Waals surface area contributed by atoms with Crippen LogP contribution in [0.4, 0.5) is 0 Å². The molecule has 0 unspecified atom stereocenters. The van der Waals surface area contributed by atoms with Crippen LogP contribution in [0.1, 0.15) is 0 Å². The fraction of sp³-hybridized carbons (Fsp3) is 0. The Morgan fingerprint density at radius 2 is 1.04 bits per heavy atom. The van der Waals surface area contributed by atoms with Crippen molar-refractivity contribution in [3.8, 4) is 51.0 Å². The standard InChI is InChI=1S/C45H23B5N4O/c46-37-36(38(47)40(49)41(50)39(37)48)29-17-10-20-33-35(29)28-15-7-8-19-32(28)54(33)45-52-43(25-13-5-2-6-14-25)51-44(53-45)30-18-9-16-27-31-23-26(24-11-3-1-4-12-24)21-22-34(31)55-42(27)30/h1-23H. The van der Waals surface area contributed by atoms with Crippen molar-refractivity contribution in [3.63, 3.8) is 0 Å². The van der Waals surface area contributed by atoms with E-state index in [0.29, 0.717) is 28.7 Å². The van der Waals surface area contributed by atoms with E-state index in [9.17, 15) is 0 Å². The van der Waals surface area contributed by atoms with Gasteiger partial charge in [0.25, 0.3) is 0 Å². The van der Waals surface area contributed by atoms with Gasteiger partial charge in [-0.25, -0.2) is 4.98 Å². The first-order chi connectivity index (χ1) is 26.9. The average molecular weight is 690 g/mol. The Hall–Kier alpha value is -6.53. The molecular weight excluding hydrogens is 667 g/mol. The van der Waals surface area contributed by atoms with Gasteiger partial charge in [-0.15, -0.1) is 16.4 Å². The zero-order chi connectivity index (χ0) is 37.4. The van der Waals surface area contributed by atoms with Gasteiger partial charge in [0, 0.05) is 27.1 Å². The summed E-state index contributed by atoms with van der Waals surface area (Å²) >= 11 is 0. The number of nitrogens with zero attached hydrogens (tertiary/aromatic N) is 4. The highest BCUT2D eigenvalue weighted by Crippen LogP contribution is 2.39. The summed E-state index contributed by atoms with van der Waals surface area (Å²) in [5.74, 6) is 1.39. The van der Waals surface area contributed by atoms with Crippen LogP contribution in [-0.2, 0) is 0 Å². The molecule has 0 saturated heterocycles. The van der Waals surface area contributed by atoms with E-state index >= 15 is 0 Å². The number of hydrogen-bond donors (Lipinski definition) is 0. The molecular formula is C45H23B5N4O. The van der Waals surface area contributed by atoms with Crippen molar-refractivity contribution < 1.29 is 4.42 Å². The third-order valence-electron chi connectivity index (χ3n) is 10.4. The monoisotopic (exact) mass is 690 g/mol. The molecule has 0 fully saturated rings. The molecule has 10 rings (SSSR count). The van der Waals surface area contributed by atoms with Gasteiger partial charge in [0.1, 0.15) is 50.4 Å². The summed E-state index contributed by atoms with van der Waals surface area (Å²) in [5.41, 5.74) is 9.30. The Labute approximate surface area is 323 Å². The van der Waals surface area contributed by atoms with Crippen LogP contribution in [0.15, 0.2) is 144 Å². The van der Waals surface area contributed by atoms with Crippen molar-refractivity contribution in [3.05, 3.63) is 140 Å². The smallest absolute Gasteiger partial charge is 0.238 e. The van der Waals surface area contributed by atoms with Crippen LogP contribution in [0, 0.1) is 0 Å². The van der Waals surface area contributed by atoms with E-state index in [2.05, 4.69) is 30.3 Å². The summed E-state index contributed by atoms with van der Waals surface area (Å²) in [6.07, 6.45) is 0. The van der Waals surface area contributed by atoms with E-state index in [1.807, 2.05) is 114 Å². The maximum Gasteiger partial charge on any atom is 0.238 e. The minimum atomic E-state index is 0.163. The highest BCUT2D eigenvalue weighted by Gasteiger charge is 2.23. The largest absolute Gasteiger partial charge is 0.455 e. The van der Waals surface area contributed by atoms with Gasteiger partial charge < -0.3 is 4.42 Å². The number of furan rings is 1. The summed E-state index contributed by atoms with van der Waals surface area (Å²) < 4.78 is 8.63. The predicted octanol–water partition coefficient (Wildman–Crippen LogP) is 5.51. The second kappa shape index (κ2) is 12.8. The average Bonchev–Trinajstić information content (AvgIpc) is 3.79. The molecule has 10 heteroatoms. The number of rotatable bonds is 5. The van der Waals surface area contributed by atoms with E-state index < -0.39 is 0 Å². The second-order valence-electron chi connectivity index (χ2n) is 13.5. The van der Waals surface area contributed by atoms with Gasteiger partial charge in [-0.2, -0.15) is 9.97 Å². The highest BCUT2D eigenvalue weighted by molar-refractivity contribution is 6.69. The minimum Gasteiger partial charge on any atom is -0.455 e. The maximum atomic E-state index is 6.63. The third-order valence-corrected chi connectivity index (χ3v) is 10.4. The fourth-order valence-electron chi connectivity index (χ4n) is 7.67. The molecule has 244 valence electrons. The van der Waals surface area contributed by atoms with Gasteiger partial charge in [-0.1, -0.05) is 120 Å². The Morgan fingerprint density at radius 1 is 0.436 bits per heavy atom. The van der Waals surface area contributed by atoms with Gasteiger partial charge >= 0.3 is 0 Å². The van der Waals surface area contributed by atoms with Gasteiger partial charge in [0.2, 0.25) is 5.95 Å². The van der Waals surface area contributed by atoms with Crippen LogP contribution in [-0.4, -0.2) is 58.8 Å². The lowest BCUT2D eigenvalue weighted by Gasteiger charge is -2.22. The molecule has 0 bridgehead atoms. The van der Waals surface area contributed by atoms with Crippen molar-refractivity contribution in [2.24, 2.45) is 0 Å². The van der Waals surface area contributed by atoms with Crippen LogP contribution in [0.3, 0.4) is 0 Å². The van der Waals surface area contributed by atoms with Gasteiger partial charge in [0.15, 0.2) is 11.6 Å². The number of para-hydroxylation sites is 2. The van der Waals surface area contributed by atoms with Crippen LogP contribution in [0.2, 0.25) is 0 Å². The second-order valence-corrected chi connectivity index (χ2v) is 13.5. The Morgan fingerprint density at radius 3 is 1.80 bits per heavy atom. The normalized spacial score (nSPS) is 11.6. The molecule has 5 nitrogen and oxygen atoms in total. The summed E-state index contributed by atoms with van der Waals surface area (Å²) in [6, 6.07) is 46.5. The first-order valence-electron chi connectivity index (χ1n) is 17.7. The molecule has 3 heterocycles. The topological polar surface area (TPSA) is 56.7 Å². The van der Waals surface area contributed by atoms with Crippen LogP contribution >= 0.6 is 0 Å². The van der Waals surface area contributed by atoms with E-state index in [0.717, 1.165) is 66.0 Å². The van der Waals surface area contributed by atoms with Crippen LogP contribution in [0.25, 0.3) is 94.7 Å². The Balaban J connectivity index is 1.24. The molecule has 10 radical (unpaired) electrons. The molecule has 7 aromatic carbocycles. The summed E-state index contributed by atoms with van der Waals surface area (Å²) in [5, 5.41) is 3.77. The summed E-state index contributed by atoms with van der Waals surface area (Å²) in [6.45, 7) is 0. The van der Waals surface area contributed by atoms with Crippen molar-refractivity contribution in [2.45, 2.75) is 0 Å². The van der Waals surface area contributed by atoms with Gasteiger partial charge in [-0.3, -0.25) is 4.57 Å². The highest BCUT2D eigenvalue weighted by atomic mass is 16.3.